The molecule has 2 N–H and O–H groups in total. The number of ether oxygens (including phenoxy) is 3. The second-order valence-corrected chi connectivity index (χ2v) is 11.8. The summed E-state index contributed by atoms with van der Waals surface area (Å²) < 4.78 is 17.4. The van der Waals surface area contributed by atoms with Crippen molar-refractivity contribution >= 4 is 17.9 Å². The Morgan fingerprint density at radius 2 is 1.59 bits per heavy atom. The molecule has 0 amide bonds. The standard InChI is InChI=1S/C31H42O8/c1-18-13-14-30(6,7)26(37-21(4)32)16-25(34)19(2)15-24-27(39-29(35)23-11-9-8-10-12-23)20(3)17-31(24,36)28(18)38-22(5)33/h8-15,18,20,24-28,34,36H,16-17H2,1-7H3. The zero-order valence-corrected chi connectivity index (χ0v) is 23.9. The minimum atomic E-state index is -1.59. The van der Waals surface area contributed by atoms with E-state index in [0.717, 1.165) is 0 Å². The highest BCUT2D eigenvalue weighted by Gasteiger charge is 2.58. The summed E-state index contributed by atoms with van der Waals surface area (Å²) in [5.41, 5.74) is -1.34. The first-order valence-corrected chi connectivity index (χ1v) is 13.5. The van der Waals surface area contributed by atoms with Crippen molar-refractivity contribution < 1.29 is 38.8 Å². The van der Waals surface area contributed by atoms with E-state index in [4.69, 9.17) is 14.2 Å². The van der Waals surface area contributed by atoms with Crippen LogP contribution in [0.4, 0.5) is 0 Å². The molecular formula is C31H42O8. The van der Waals surface area contributed by atoms with Gasteiger partial charge in [0.2, 0.25) is 0 Å². The van der Waals surface area contributed by atoms with Crippen molar-refractivity contribution in [2.75, 3.05) is 0 Å². The maximum absolute atomic E-state index is 13.1. The largest absolute Gasteiger partial charge is 0.462 e. The van der Waals surface area contributed by atoms with E-state index < -0.39 is 65.2 Å². The average Bonchev–Trinajstić information content (AvgIpc) is 3.09. The molecule has 39 heavy (non-hydrogen) atoms. The summed E-state index contributed by atoms with van der Waals surface area (Å²) in [5.74, 6) is -3.03. The van der Waals surface area contributed by atoms with Crippen LogP contribution in [0.5, 0.6) is 0 Å². The highest BCUT2D eigenvalue weighted by molar-refractivity contribution is 5.89. The predicted octanol–water partition coefficient (Wildman–Crippen LogP) is 4.39. The van der Waals surface area contributed by atoms with Crippen LogP contribution in [0.3, 0.4) is 0 Å². The van der Waals surface area contributed by atoms with Crippen LogP contribution < -0.4 is 0 Å². The summed E-state index contributed by atoms with van der Waals surface area (Å²) in [5, 5.41) is 23.5. The Kier molecular flexibility index (Phi) is 9.44. The first kappa shape index (κ1) is 30.6. The van der Waals surface area contributed by atoms with E-state index in [1.165, 1.54) is 13.8 Å². The minimum absolute atomic E-state index is 0.135. The summed E-state index contributed by atoms with van der Waals surface area (Å²) in [4.78, 5) is 37.2. The molecule has 2 aliphatic carbocycles. The fraction of sp³-hybridized carbons (Fsp3) is 0.581. The first-order chi connectivity index (χ1) is 18.2. The summed E-state index contributed by atoms with van der Waals surface area (Å²) in [7, 11) is 0. The molecule has 0 spiro atoms. The van der Waals surface area contributed by atoms with Crippen molar-refractivity contribution in [1.29, 1.82) is 0 Å². The highest BCUT2D eigenvalue weighted by Crippen LogP contribution is 2.48. The summed E-state index contributed by atoms with van der Waals surface area (Å²) in [6.45, 7) is 11.9. The summed E-state index contributed by atoms with van der Waals surface area (Å²) >= 11 is 0. The van der Waals surface area contributed by atoms with E-state index in [-0.39, 0.29) is 18.8 Å². The van der Waals surface area contributed by atoms with Gasteiger partial charge in [-0.25, -0.2) is 4.79 Å². The molecule has 1 fully saturated rings. The number of hydrogen-bond acceptors (Lipinski definition) is 8. The van der Waals surface area contributed by atoms with Gasteiger partial charge in [0, 0.05) is 37.5 Å². The molecule has 2 aliphatic rings. The number of benzene rings is 1. The Hall–Kier alpha value is -2.97. The molecule has 214 valence electrons. The van der Waals surface area contributed by atoms with Gasteiger partial charge >= 0.3 is 17.9 Å². The second-order valence-electron chi connectivity index (χ2n) is 11.8. The van der Waals surface area contributed by atoms with Crippen molar-refractivity contribution in [3.63, 3.8) is 0 Å². The van der Waals surface area contributed by atoms with E-state index in [1.807, 2.05) is 39.8 Å². The zero-order valence-electron chi connectivity index (χ0n) is 23.9. The maximum Gasteiger partial charge on any atom is 0.338 e. The lowest BCUT2D eigenvalue weighted by Crippen LogP contribution is -2.52. The van der Waals surface area contributed by atoms with Gasteiger partial charge in [-0.1, -0.05) is 64.1 Å². The summed E-state index contributed by atoms with van der Waals surface area (Å²) in [6, 6.07) is 8.61. The zero-order chi connectivity index (χ0) is 29.1. The normalized spacial score (nSPS) is 34.5. The van der Waals surface area contributed by atoms with Gasteiger partial charge in [0.1, 0.15) is 23.9 Å². The molecule has 8 atom stereocenters. The van der Waals surface area contributed by atoms with Crippen LogP contribution in [0.25, 0.3) is 0 Å². The number of carbonyl (C=O) groups is 3. The minimum Gasteiger partial charge on any atom is -0.462 e. The van der Waals surface area contributed by atoms with E-state index in [9.17, 15) is 24.6 Å². The van der Waals surface area contributed by atoms with Crippen LogP contribution >= 0.6 is 0 Å². The van der Waals surface area contributed by atoms with Crippen LogP contribution in [0.2, 0.25) is 0 Å². The Bertz CT molecular complexity index is 1110. The predicted molar refractivity (Wildman–Crippen MR) is 145 cm³/mol. The highest BCUT2D eigenvalue weighted by atomic mass is 16.6. The monoisotopic (exact) mass is 542 g/mol. The molecule has 0 aliphatic heterocycles. The average molecular weight is 543 g/mol. The van der Waals surface area contributed by atoms with Crippen LogP contribution in [0, 0.1) is 23.2 Å². The van der Waals surface area contributed by atoms with Gasteiger partial charge in [-0.2, -0.15) is 0 Å². The lowest BCUT2D eigenvalue weighted by Gasteiger charge is -2.40. The van der Waals surface area contributed by atoms with Crippen LogP contribution in [0.1, 0.15) is 71.7 Å². The Morgan fingerprint density at radius 1 is 0.974 bits per heavy atom. The molecule has 1 aromatic rings. The molecule has 0 bridgehead atoms. The van der Waals surface area contributed by atoms with E-state index >= 15 is 0 Å². The number of rotatable bonds is 4. The first-order valence-electron chi connectivity index (χ1n) is 13.5. The smallest absolute Gasteiger partial charge is 0.338 e. The third kappa shape index (κ3) is 6.97. The third-order valence-corrected chi connectivity index (χ3v) is 8.03. The third-order valence-electron chi connectivity index (χ3n) is 8.03. The van der Waals surface area contributed by atoms with Crippen molar-refractivity contribution in [2.45, 2.75) is 91.3 Å². The van der Waals surface area contributed by atoms with Gasteiger partial charge < -0.3 is 24.4 Å². The van der Waals surface area contributed by atoms with Gasteiger partial charge in [-0.15, -0.1) is 0 Å². The molecule has 8 heteroatoms. The topological polar surface area (TPSA) is 119 Å². The Labute approximate surface area is 231 Å². The molecule has 0 heterocycles. The summed E-state index contributed by atoms with van der Waals surface area (Å²) in [6.07, 6.45) is 2.43. The van der Waals surface area contributed by atoms with E-state index in [0.29, 0.717) is 11.1 Å². The van der Waals surface area contributed by atoms with Crippen molar-refractivity contribution in [3.05, 3.63) is 59.7 Å². The van der Waals surface area contributed by atoms with Gasteiger partial charge in [0.05, 0.1) is 11.7 Å². The number of fused-ring (bicyclic) bond motifs is 1. The lowest BCUT2D eigenvalue weighted by molar-refractivity contribution is -0.173. The lowest BCUT2D eigenvalue weighted by atomic mass is 9.75. The van der Waals surface area contributed by atoms with Gasteiger partial charge in [-0.05, 0) is 37.0 Å². The van der Waals surface area contributed by atoms with Gasteiger partial charge in [0.15, 0.2) is 0 Å². The Morgan fingerprint density at radius 3 is 2.18 bits per heavy atom. The number of carbonyl (C=O) groups excluding carboxylic acids is 3. The van der Waals surface area contributed by atoms with E-state index in [1.54, 1.807) is 43.3 Å². The second kappa shape index (κ2) is 12.0. The van der Waals surface area contributed by atoms with Crippen LogP contribution in [0.15, 0.2) is 54.1 Å². The van der Waals surface area contributed by atoms with Crippen LogP contribution in [-0.4, -0.2) is 58.1 Å². The molecule has 1 aromatic carbocycles. The van der Waals surface area contributed by atoms with Gasteiger partial charge in [-0.3, -0.25) is 9.59 Å². The SMILES string of the molecule is CC(=O)OC1CC(O)C(C)=CC2C(OC(=O)c3ccccc3)C(C)CC2(O)C(OC(C)=O)C(C)C=CC1(C)C. The van der Waals surface area contributed by atoms with Crippen molar-refractivity contribution in [3.8, 4) is 0 Å². The fourth-order valence-electron chi connectivity index (χ4n) is 5.85. The number of aliphatic hydroxyl groups excluding tert-OH is 1. The molecule has 8 nitrogen and oxygen atoms in total. The molecule has 8 unspecified atom stereocenters. The fourth-order valence-corrected chi connectivity index (χ4v) is 5.85. The van der Waals surface area contributed by atoms with Crippen molar-refractivity contribution in [1.82, 2.24) is 0 Å². The maximum atomic E-state index is 13.1. The molecular weight excluding hydrogens is 500 g/mol. The number of aliphatic hydroxyl groups is 2. The van der Waals surface area contributed by atoms with Crippen LogP contribution in [-0.2, 0) is 23.8 Å². The molecule has 1 saturated carbocycles. The van der Waals surface area contributed by atoms with Crippen molar-refractivity contribution in [2.24, 2.45) is 23.2 Å². The van der Waals surface area contributed by atoms with Gasteiger partial charge in [0.25, 0.3) is 0 Å². The number of hydrogen-bond donors (Lipinski definition) is 2. The molecule has 0 radical (unpaired) electrons. The number of esters is 3. The molecule has 0 aromatic heterocycles. The van der Waals surface area contributed by atoms with E-state index in [2.05, 4.69) is 0 Å². The quantitative estimate of drug-likeness (QED) is 0.327. The Balaban J connectivity index is 2.13. The molecule has 3 rings (SSSR count). The molecule has 0 saturated heterocycles.